The molecular formula is C12H23NO4S. The van der Waals surface area contributed by atoms with E-state index in [-0.39, 0.29) is 29.9 Å². The number of carbonyl (C=O) groups is 1. The van der Waals surface area contributed by atoms with Gasteiger partial charge >= 0.3 is 0 Å². The van der Waals surface area contributed by atoms with Crippen LogP contribution in [0.25, 0.3) is 0 Å². The van der Waals surface area contributed by atoms with E-state index in [1.807, 2.05) is 6.92 Å². The highest BCUT2D eigenvalue weighted by atomic mass is 32.2. The van der Waals surface area contributed by atoms with E-state index in [1.165, 1.54) is 0 Å². The molecule has 1 aliphatic rings. The first kappa shape index (κ1) is 15.4. The van der Waals surface area contributed by atoms with Crippen molar-refractivity contribution in [3.8, 4) is 0 Å². The van der Waals surface area contributed by atoms with Crippen LogP contribution < -0.4 is 5.32 Å². The van der Waals surface area contributed by atoms with Crippen molar-refractivity contribution in [3.63, 3.8) is 0 Å². The Labute approximate surface area is 109 Å². The molecule has 1 aliphatic heterocycles. The summed E-state index contributed by atoms with van der Waals surface area (Å²) in [6, 6.07) is 0. The normalized spacial score (nSPS) is 23.8. The Morgan fingerprint density at radius 1 is 1.50 bits per heavy atom. The predicted octanol–water partition coefficient (Wildman–Crippen LogP) is 0.336. The number of nitrogens with one attached hydrogen (secondary N) is 1. The topological polar surface area (TPSA) is 83.5 Å². The number of rotatable bonds is 7. The third kappa shape index (κ3) is 5.35. The summed E-state index contributed by atoms with van der Waals surface area (Å²) in [5.74, 6) is 0.564. The van der Waals surface area contributed by atoms with Crippen molar-refractivity contribution in [1.82, 2.24) is 5.32 Å². The highest BCUT2D eigenvalue weighted by molar-refractivity contribution is 7.91. The molecule has 0 aromatic heterocycles. The number of sulfone groups is 1. The molecule has 2 unspecified atom stereocenters. The number of hydrogen-bond donors (Lipinski definition) is 2. The molecule has 2 atom stereocenters. The lowest BCUT2D eigenvalue weighted by Crippen LogP contribution is -2.31. The number of aliphatic hydroxyl groups excluding tert-OH is 1. The smallest absolute Gasteiger partial charge is 0.220 e. The molecule has 0 radical (unpaired) electrons. The second kappa shape index (κ2) is 7.09. The van der Waals surface area contributed by atoms with Gasteiger partial charge in [0.05, 0.1) is 11.5 Å². The zero-order chi connectivity index (χ0) is 13.6. The molecule has 0 aliphatic carbocycles. The van der Waals surface area contributed by atoms with Gasteiger partial charge in [-0.3, -0.25) is 4.79 Å². The van der Waals surface area contributed by atoms with Crippen LogP contribution >= 0.6 is 0 Å². The van der Waals surface area contributed by atoms with Gasteiger partial charge in [-0.1, -0.05) is 13.3 Å². The molecule has 0 aromatic rings. The van der Waals surface area contributed by atoms with Crippen molar-refractivity contribution in [2.24, 2.45) is 11.8 Å². The van der Waals surface area contributed by atoms with Gasteiger partial charge in [0.1, 0.15) is 0 Å². The molecule has 106 valence electrons. The molecule has 2 N–H and O–H groups in total. The maximum Gasteiger partial charge on any atom is 0.220 e. The van der Waals surface area contributed by atoms with Crippen molar-refractivity contribution in [2.45, 2.75) is 32.6 Å². The molecule has 1 amide bonds. The van der Waals surface area contributed by atoms with E-state index in [0.717, 1.165) is 6.42 Å². The summed E-state index contributed by atoms with van der Waals surface area (Å²) in [6.45, 7) is 2.72. The average Bonchev–Trinajstić information content (AvgIpc) is 2.64. The van der Waals surface area contributed by atoms with Gasteiger partial charge < -0.3 is 10.4 Å². The Morgan fingerprint density at radius 3 is 2.72 bits per heavy atom. The molecule has 1 fully saturated rings. The van der Waals surface area contributed by atoms with Gasteiger partial charge in [0.15, 0.2) is 9.84 Å². The van der Waals surface area contributed by atoms with Gasteiger partial charge in [-0.25, -0.2) is 8.42 Å². The van der Waals surface area contributed by atoms with Crippen LogP contribution in [0.4, 0.5) is 0 Å². The van der Waals surface area contributed by atoms with Gasteiger partial charge in [-0.05, 0) is 24.7 Å². The van der Waals surface area contributed by atoms with Crippen molar-refractivity contribution < 1.29 is 18.3 Å². The lowest BCUT2D eigenvalue weighted by Gasteiger charge is -2.15. The quantitative estimate of drug-likeness (QED) is 0.703. The number of hydrogen-bond acceptors (Lipinski definition) is 4. The van der Waals surface area contributed by atoms with Crippen LogP contribution in [-0.2, 0) is 14.6 Å². The average molecular weight is 277 g/mol. The Hall–Kier alpha value is -0.620. The summed E-state index contributed by atoms with van der Waals surface area (Å²) in [5, 5.41) is 11.7. The Morgan fingerprint density at radius 2 is 2.22 bits per heavy atom. The van der Waals surface area contributed by atoms with Crippen molar-refractivity contribution >= 4 is 15.7 Å². The minimum absolute atomic E-state index is 0.0204. The first-order valence-corrected chi connectivity index (χ1v) is 8.37. The summed E-state index contributed by atoms with van der Waals surface area (Å²) < 4.78 is 22.5. The third-order valence-electron chi connectivity index (χ3n) is 3.50. The molecule has 0 bridgehead atoms. The van der Waals surface area contributed by atoms with E-state index in [0.29, 0.717) is 31.7 Å². The lowest BCUT2D eigenvalue weighted by molar-refractivity contribution is -0.122. The van der Waals surface area contributed by atoms with Crippen LogP contribution in [0.15, 0.2) is 0 Å². The molecule has 0 saturated carbocycles. The zero-order valence-electron chi connectivity index (χ0n) is 10.9. The van der Waals surface area contributed by atoms with Crippen LogP contribution in [0.3, 0.4) is 0 Å². The van der Waals surface area contributed by atoms with E-state index in [9.17, 15) is 13.2 Å². The Kier molecular flexibility index (Phi) is 6.08. The summed E-state index contributed by atoms with van der Waals surface area (Å²) in [4.78, 5) is 11.7. The SMILES string of the molecule is CCC(CCO)CNC(=O)CC1CCS(=O)(=O)C1. The lowest BCUT2D eigenvalue weighted by atomic mass is 10.0. The molecule has 5 nitrogen and oxygen atoms in total. The van der Waals surface area contributed by atoms with Crippen molar-refractivity contribution in [3.05, 3.63) is 0 Å². The van der Waals surface area contributed by atoms with Crippen LogP contribution in [0.5, 0.6) is 0 Å². The maximum absolute atomic E-state index is 11.7. The number of carbonyl (C=O) groups excluding carboxylic acids is 1. The van der Waals surface area contributed by atoms with Gasteiger partial charge in [-0.15, -0.1) is 0 Å². The molecule has 0 aromatic carbocycles. The van der Waals surface area contributed by atoms with Crippen molar-refractivity contribution in [1.29, 1.82) is 0 Å². The first-order valence-electron chi connectivity index (χ1n) is 6.54. The van der Waals surface area contributed by atoms with Gasteiger partial charge in [0.2, 0.25) is 5.91 Å². The second-order valence-corrected chi connectivity index (χ2v) is 7.29. The van der Waals surface area contributed by atoms with Gasteiger partial charge in [0, 0.05) is 19.6 Å². The summed E-state index contributed by atoms with van der Waals surface area (Å²) in [6.07, 6.45) is 2.51. The van der Waals surface area contributed by atoms with Crippen LogP contribution in [0.1, 0.15) is 32.6 Å². The van der Waals surface area contributed by atoms with E-state index >= 15 is 0 Å². The molecule has 0 spiro atoms. The first-order chi connectivity index (χ1) is 8.46. The molecular weight excluding hydrogens is 254 g/mol. The van der Waals surface area contributed by atoms with Gasteiger partial charge in [-0.2, -0.15) is 0 Å². The van der Waals surface area contributed by atoms with E-state index < -0.39 is 9.84 Å². The second-order valence-electron chi connectivity index (χ2n) is 5.06. The Bertz CT molecular complexity index is 366. The Balaban J connectivity index is 2.25. The van der Waals surface area contributed by atoms with Crippen LogP contribution in [0.2, 0.25) is 0 Å². The third-order valence-corrected chi connectivity index (χ3v) is 5.34. The summed E-state index contributed by atoms with van der Waals surface area (Å²) >= 11 is 0. The summed E-state index contributed by atoms with van der Waals surface area (Å²) in [5.41, 5.74) is 0. The number of amides is 1. The minimum atomic E-state index is -2.90. The van der Waals surface area contributed by atoms with E-state index in [1.54, 1.807) is 0 Å². The number of aliphatic hydroxyl groups is 1. The highest BCUT2D eigenvalue weighted by Gasteiger charge is 2.29. The highest BCUT2D eigenvalue weighted by Crippen LogP contribution is 2.21. The van der Waals surface area contributed by atoms with Gasteiger partial charge in [0.25, 0.3) is 0 Å². The minimum Gasteiger partial charge on any atom is -0.396 e. The molecule has 1 saturated heterocycles. The fraction of sp³-hybridized carbons (Fsp3) is 0.917. The van der Waals surface area contributed by atoms with Crippen LogP contribution in [0, 0.1) is 11.8 Å². The maximum atomic E-state index is 11.7. The largest absolute Gasteiger partial charge is 0.396 e. The monoisotopic (exact) mass is 277 g/mol. The molecule has 1 rings (SSSR count). The van der Waals surface area contributed by atoms with E-state index in [4.69, 9.17) is 5.11 Å². The fourth-order valence-electron chi connectivity index (χ4n) is 2.26. The van der Waals surface area contributed by atoms with Crippen LogP contribution in [-0.4, -0.2) is 44.1 Å². The van der Waals surface area contributed by atoms with E-state index in [2.05, 4.69) is 5.32 Å². The predicted molar refractivity (Wildman–Crippen MR) is 69.9 cm³/mol. The fourth-order valence-corrected chi connectivity index (χ4v) is 4.12. The summed E-state index contributed by atoms with van der Waals surface area (Å²) in [7, 11) is -2.90. The molecule has 6 heteroatoms. The standard InChI is InChI=1S/C12H23NO4S/c1-2-10(3-5-14)8-13-12(15)7-11-4-6-18(16,17)9-11/h10-11,14H,2-9H2,1H3,(H,13,15). The molecule has 18 heavy (non-hydrogen) atoms. The molecule has 1 heterocycles. The zero-order valence-corrected chi connectivity index (χ0v) is 11.7. The van der Waals surface area contributed by atoms with Crippen molar-refractivity contribution in [2.75, 3.05) is 24.7 Å².